The Hall–Kier alpha value is -3.48. The van der Waals surface area contributed by atoms with Crippen molar-refractivity contribution < 1.29 is 4.79 Å². The molecule has 0 spiro atoms. The van der Waals surface area contributed by atoms with E-state index in [0.29, 0.717) is 16.9 Å². The van der Waals surface area contributed by atoms with Crippen molar-refractivity contribution in [3.05, 3.63) is 65.7 Å². The van der Waals surface area contributed by atoms with E-state index >= 15 is 0 Å². The number of aromatic nitrogens is 5. The summed E-state index contributed by atoms with van der Waals surface area (Å²) in [4.78, 5) is 17.0. The van der Waals surface area contributed by atoms with Crippen molar-refractivity contribution in [2.45, 2.75) is 13.8 Å². The van der Waals surface area contributed by atoms with Crippen molar-refractivity contribution in [2.24, 2.45) is 7.05 Å². The fourth-order valence-corrected chi connectivity index (χ4v) is 3.02. The fraction of sp³-hybridized carbons (Fsp3) is 0.158. The fourth-order valence-electron chi connectivity index (χ4n) is 3.02. The van der Waals surface area contributed by atoms with Gasteiger partial charge in [0.25, 0.3) is 5.91 Å². The molecule has 0 unspecified atom stereocenters. The highest BCUT2D eigenvalue weighted by atomic mass is 16.1. The van der Waals surface area contributed by atoms with Gasteiger partial charge in [-0.15, -0.1) is 0 Å². The van der Waals surface area contributed by atoms with Crippen molar-refractivity contribution in [1.29, 1.82) is 0 Å². The van der Waals surface area contributed by atoms with Gasteiger partial charge in [-0.3, -0.25) is 9.48 Å². The third-order valence-electron chi connectivity index (χ3n) is 4.36. The van der Waals surface area contributed by atoms with Crippen LogP contribution in [0.3, 0.4) is 0 Å². The second-order valence-electron chi connectivity index (χ2n) is 6.25. The lowest BCUT2D eigenvalue weighted by molar-refractivity contribution is 0.102. The Morgan fingerprint density at radius 2 is 2.00 bits per heavy atom. The molecule has 4 aromatic rings. The number of nitrogens with zero attached hydrogens (tertiary/aromatic N) is 5. The number of aryl methyl sites for hydroxylation is 3. The van der Waals surface area contributed by atoms with Crippen molar-refractivity contribution in [3.63, 3.8) is 0 Å². The predicted octanol–water partition coefficient (Wildman–Crippen LogP) is 3.00. The Labute approximate surface area is 150 Å². The van der Waals surface area contributed by atoms with E-state index in [1.54, 1.807) is 33.9 Å². The van der Waals surface area contributed by atoms with Gasteiger partial charge < -0.3 is 5.32 Å². The number of hydrogen-bond acceptors (Lipinski definition) is 4. The summed E-state index contributed by atoms with van der Waals surface area (Å²) in [6.07, 6.45) is 6.57. The summed E-state index contributed by atoms with van der Waals surface area (Å²) < 4.78 is 3.34. The van der Waals surface area contributed by atoms with E-state index in [0.717, 1.165) is 22.4 Å². The smallest absolute Gasteiger partial charge is 0.261 e. The maximum atomic E-state index is 12.8. The maximum Gasteiger partial charge on any atom is 0.261 e. The van der Waals surface area contributed by atoms with Crippen molar-refractivity contribution >= 4 is 17.2 Å². The minimum atomic E-state index is -0.266. The first kappa shape index (κ1) is 16.0. The highest BCUT2D eigenvalue weighted by Gasteiger charge is 2.19. The van der Waals surface area contributed by atoms with E-state index in [1.165, 1.54) is 6.20 Å². The van der Waals surface area contributed by atoms with Gasteiger partial charge >= 0.3 is 0 Å². The zero-order valence-corrected chi connectivity index (χ0v) is 14.8. The average molecular weight is 346 g/mol. The van der Waals surface area contributed by atoms with Gasteiger partial charge in [-0.2, -0.15) is 10.2 Å². The molecule has 0 fully saturated rings. The van der Waals surface area contributed by atoms with Gasteiger partial charge in [-0.1, -0.05) is 17.7 Å². The molecule has 0 saturated heterocycles. The van der Waals surface area contributed by atoms with E-state index in [-0.39, 0.29) is 5.91 Å². The van der Waals surface area contributed by atoms with Gasteiger partial charge in [-0.25, -0.2) is 9.50 Å². The van der Waals surface area contributed by atoms with Crippen molar-refractivity contribution in [3.8, 4) is 11.3 Å². The summed E-state index contributed by atoms with van der Waals surface area (Å²) in [5.74, 6) is -0.266. The summed E-state index contributed by atoms with van der Waals surface area (Å²) in [6, 6.07) is 8.00. The third-order valence-corrected chi connectivity index (χ3v) is 4.36. The number of carbonyl (C=O) groups excluding carboxylic acids is 1. The van der Waals surface area contributed by atoms with Crippen LogP contribution in [0.4, 0.5) is 5.69 Å². The molecule has 0 atom stereocenters. The zero-order valence-electron chi connectivity index (χ0n) is 14.8. The predicted molar refractivity (Wildman–Crippen MR) is 99.1 cm³/mol. The molecule has 0 aliphatic carbocycles. The normalized spacial score (nSPS) is 11.0. The third kappa shape index (κ3) is 2.63. The Morgan fingerprint density at radius 1 is 1.15 bits per heavy atom. The van der Waals surface area contributed by atoms with Crippen LogP contribution in [-0.2, 0) is 7.05 Å². The summed E-state index contributed by atoms with van der Waals surface area (Å²) >= 11 is 0. The Balaban J connectivity index is 1.74. The molecule has 7 heteroatoms. The van der Waals surface area contributed by atoms with Crippen LogP contribution in [-0.4, -0.2) is 30.3 Å². The number of benzene rings is 1. The standard InChI is InChI=1S/C19H18N6O/c1-12-5-6-13(2)14(9-12)17-16(11-21-24(17)3)23-19(26)15-10-22-25-8-4-7-20-18(15)25/h4-11H,1-3H3,(H,23,26). The number of fused-ring (bicyclic) bond motifs is 1. The number of amides is 1. The van der Waals surface area contributed by atoms with E-state index in [2.05, 4.69) is 38.7 Å². The summed E-state index contributed by atoms with van der Waals surface area (Å²) in [6.45, 7) is 4.09. The number of rotatable bonds is 3. The summed E-state index contributed by atoms with van der Waals surface area (Å²) in [5.41, 5.74) is 5.76. The van der Waals surface area contributed by atoms with Gasteiger partial charge in [0.15, 0.2) is 5.65 Å². The highest BCUT2D eigenvalue weighted by Crippen LogP contribution is 2.31. The lowest BCUT2D eigenvalue weighted by atomic mass is 10.0. The first-order chi connectivity index (χ1) is 12.5. The molecule has 26 heavy (non-hydrogen) atoms. The van der Waals surface area contributed by atoms with Crippen molar-refractivity contribution in [1.82, 2.24) is 24.4 Å². The Morgan fingerprint density at radius 3 is 2.85 bits per heavy atom. The van der Waals surface area contributed by atoms with Crippen LogP contribution in [0.5, 0.6) is 0 Å². The lowest BCUT2D eigenvalue weighted by Crippen LogP contribution is -2.12. The minimum absolute atomic E-state index is 0.266. The number of carbonyl (C=O) groups is 1. The van der Waals surface area contributed by atoms with Crippen LogP contribution in [0.1, 0.15) is 21.5 Å². The molecule has 3 aromatic heterocycles. The molecule has 1 N–H and O–H groups in total. The topological polar surface area (TPSA) is 77.1 Å². The molecule has 0 radical (unpaired) electrons. The molecule has 0 bridgehead atoms. The molecule has 0 aliphatic heterocycles. The van der Waals surface area contributed by atoms with Crippen LogP contribution in [0, 0.1) is 13.8 Å². The number of hydrogen-bond donors (Lipinski definition) is 1. The molecule has 130 valence electrons. The average Bonchev–Trinajstić information content (AvgIpc) is 3.21. The molecular formula is C19H18N6O. The summed E-state index contributed by atoms with van der Waals surface area (Å²) in [7, 11) is 1.86. The number of nitrogens with one attached hydrogen (secondary N) is 1. The molecule has 0 saturated carbocycles. The first-order valence-electron chi connectivity index (χ1n) is 8.24. The van der Waals surface area contributed by atoms with E-state index < -0.39 is 0 Å². The van der Waals surface area contributed by atoms with E-state index in [9.17, 15) is 4.79 Å². The number of anilines is 1. The molecule has 3 heterocycles. The molecule has 0 aliphatic rings. The van der Waals surface area contributed by atoms with Crippen molar-refractivity contribution in [2.75, 3.05) is 5.32 Å². The van der Waals surface area contributed by atoms with Crippen LogP contribution >= 0.6 is 0 Å². The Kier molecular flexibility index (Phi) is 3.76. The van der Waals surface area contributed by atoms with Gasteiger partial charge in [0.1, 0.15) is 5.56 Å². The SMILES string of the molecule is Cc1ccc(C)c(-c2c(NC(=O)c3cnn4cccnc34)cnn2C)c1. The van der Waals surface area contributed by atoms with Crippen LogP contribution in [0.25, 0.3) is 16.9 Å². The van der Waals surface area contributed by atoms with Crippen LogP contribution < -0.4 is 5.32 Å². The molecule has 4 rings (SSSR count). The molecule has 1 aromatic carbocycles. The monoisotopic (exact) mass is 346 g/mol. The quantitative estimate of drug-likeness (QED) is 0.619. The highest BCUT2D eigenvalue weighted by molar-refractivity contribution is 6.09. The maximum absolute atomic E-state index is 12.8. The van der Waals surface area contributed by atoms with E-state index in [4.69, 9.17) is 0 Å². The van der Waals surface area contributed by atoms with Gasteiger partial charge in [0.2, 0.25) is 0 Å². The summed E-state index contributed by atoms with van der Waals surface area (Å²) in [5, 5.41) is 11.4. The minimum Gasteiger partial charge on any atom is -0.319 e. The van der Waals surface area contributed by atoms with Gasteiger partial charge in [0.05, 0.1) is 23.8 Å². The van der Waals surface area contributed by atoms with Crippen LogP contribution in [0.2, 0.25) is 0 Å². The Bertz CT molecular complexity index is 1120. The first-order valence-corrected chi connectivity index (χ1v) is 8.24. The second-order valence-corrected chi connectivity index (χ2v) is 6.25. The lowest BCUT2D eigenvalue weighted by Gasteiger charge is -2.11. The molecule has 1 amide bonds. The second kappa shape index (κ2) is 6.11. The zero-order chi connectivity index (χ0) is 18.3. The van der Waals surface area contributed by atoms with Gasteiger partial charge in [-0.05, 0) is 31.5 Å². The van der Waals surface area contributed by atoms with Gasteiger partial charge in [0, 0.05) is 25.0 Å². The molecular weight excluding hydrogens is 328 g/mol. The largest absolute Gasteiger partial charge is 0.319 e. The molecule has 7 nitrogen and oxygen atoms in total. The van der Waals surface area contributed by atoms with Crippen LogP contribution in [0.15, 0.2) is 49.1 Å². The van der Waals surface area contributed by atoms with E-state index in [1.807, 2.05) is 20.9 Å².